The van der Waals surface area contributed by atoms with Crippen molar-refractivity contribution >= 4 is 23.2 Å². The number of nitriles is 1. The summed E-state index contributed by atoms with van der Waals surface area (Å²) in [6.07, 6.45) is 0. The zero-order valence-electron chi connectivity index (χ0n) is 12.6. The van der Waals surface area contributed by atoms with Crippen LogP contribution in [0.3, 0.4) is 0 Å². The van der Waals surface area contributed by atoms with Gasteiger partial charge >= 0.3 is 0 Å². The Labute approximate surface area is 144 Å². The van der Waals surface area contributed by atoms with E-state index in [-0.39, 0.29) is 0 Å². The van der Waals surface area contributed by atoms with Gasteiger partial charge in [-0.15, -0.1) is 0 Å². The van der Waals surface area contributed by atoms with Crippen LogP contribution in [0.5, 0.6) is 0 Å². The average Bonchev–Trinajstić information content (AvgIpc) is 2.85. The molecule has 2 aromatic carbocycles. The average molecular weight is 342 g/mol. The Morgan fingerprint density at radius 1 is 1.04 bits per heavy atom. The van der Waals surface area contributed by atoms with Crippen molar-refractivity contribution in [2.75, 3.05) is 0 Å². The lowest BCUT2D eigenvalue weighted by atomic mass is 10.1. The molecule has 0 bridgehead atoms. The topological polar surface area (TPSA) is 41.6 Å². The van der Waals surface area contributed by atoms with E-state index in [9.17, 15) is 5.26 Å². The van der Waals surface area contributed by atoms with Crippen molar-refractivity contribution in [2.24, 2.45) is 0 Å². The summed E-state index contributed by atoms with van der Waals surface area (Å²) in [5.41, 5.74) is 4.89. The lowest BCUT2D eigenvalue weighted by molar-refractivity contribution is 0.880. The normalized spacial score (nSPS) is 10.6. The van der Waals surface area contributed by atoms with Gasteiger partial charge < -0.3 is 0 Å². The Hall–Kier alpha value is -2.28. The Bertz CT molecular complexity index is 919. The third-order valence-electron chi connectivity index (χ3n) is 3.69. The molecule has 0 radical (unpaired) electrons. The van der Waals surface area contributed by atoms with Crippen molar-refractivity contribution in [1.82, 2.24) is 9.78 Å². The van der Waals surface area contributed by atoms with Gasteiger partial charge in [-0.1, -0.05) is 53.0 Å². The Kier molecular flexibility index (Phi) is 4.12. The maximum absolute atomic E-state index is 9.33. The van der Waals surface area contributed by atoms with Crippen LogP contribution in [0.15, 0.2) is 42.5 Å². The first-order chi connectivity index (χ1) is 11.0. The second-order valence-electron chi connectivity index (χ2n) is 5.31. The van der Waals surface area contributed by atoms with Crippen LogP contribution in [0, 0.1) is 25.2 Å². The van der Waals surface area contributed by atoms with Gasteiger partial charge in [0, 0.05) is 16.1 Å². The molecule has 5 heteroatoms. The van der Waals surface area contributed by atoms with E-state index in [1.54, 1.807) is 22.9 Å². The summed E-state index contributed by atoms with van der Waals surface area (Å²) in [4.78, 5) is 0. The molecule has 23 heavy (non-hydrogen) atoms. The van der Waals surface area contributed by atoms with Crippen molar-refractivity contribution in [2.45, 2.75) is 13.8 Å². The number of benzene rings is 2. The molecule has 0 amide bonds. The smallest absolute Gasteiger partial charge is 0.166 e. The highest BCUT2D eigenvalue weighted by molar-refractivity contribution is 6.35. The Balaban J connectivity index is 2.29. The van der Waals surface area contributed by atoms with Crippen LogP contribution in [0.2, 0.25) is 10.0 Å². The lowest BCUT2D eigenvalue weighted by Crippen LogP contribution is -2.00. The summed E-state index contributed by atoms with van der Waals surface area (Å²) in [6, 6.07) is 15.4. The molecule has 0 spiro atoms. The predicted molar refractivity (Wildman–Crippen MR) is 93.2 cm³/mol. The molecule has 3 rings (SSSR count). The van der Waals surface area contributed by atoms with Gasteiger partial charge in [-0.3, -0.25) is 0 Å². The molecule has 0 N–H and O–H groups in total. The van der Waals surface area contributed by atoms with Crippen LogP contribution in [0.4, 0.5) is 0 Å². The van der Waals surface area contributed by atoms with Crippen LogP contribution >= 0.6 is 23.2 Å². The zero-order chi connectivity index (χ0) is 16.6. The first-order valence-electron chi connectivity index (χ1n) is 7.03. The zero-order valence-corrected chi connectivity index (χ0v) is 14.2. The van der Waals surface area contributed by atoms with E-state index in [4.69, 9.17) is 23.2 Å². The van der Waals surface area contributed by atoms with Gasteiger partial charge in [-0.05, 0) is 32.0 Å². The fourth-order valence-electron chi connectivity index (χ4n) is 2.48. The Morgan fingerprint density at radius 2 is 1.74 bits per heavy atom. The summed E-state index contributed by atoms with van der Waals surface area (Å²) in [7, 11) is 0. The van der Waals surface area contributed by atoms with Crippen LogP contribution in [-0.2, 0) is 0 Å². The van der Waals surface area contributed by atoms with Crippen molar-refractivity contribution in [3.05, 3.63) is 69.3 Å². The van der Waals surface area contributed by atoms with E-state index in [0.29, 0.717) is 21.4 Å². The van der Waals surface area contributed by atoms with Gasteiger partial charge in [0.2, 0.25) is 0 Å². The quantitative estimate of drug-likeness (QED) is 0.631. The summed E-state index contributed by atoms with van der Waals surface area (Å²) < 4.78 is 1.71. The highest BCUT2D eigenvalue weighted by Crippen LogP contribution is 2.32. The van der Waals surface area contributed by atoms with E-state index in [1.165, 1.54) is 5.56 Å². The molecule has 0 atom stereocenters. The first-order valence-corrected chi connectivity index (χ1v) is 7.79. The van der Waals surface area contributed by atoms with E-state index in [1.807, 2.05) is 38.1 Å². The molecule has 0 fully saturated rings. The van der Waals surface area contributed by atoms with Crippen LogP contribution in [0.25, 0.3) is 16.9 Å². The van der Waals surface area contributed by atoms with Crippen molar-refractivity contribution in [1.29, 1.82) is 5.26 Å². The second kappa shape index (κ2) is 6.08. The van der Waals surface area contributed by atoms with Gasteiger partial charge in [0.25, 0.3) is 0 Å². The molecular weight excluding hydrogens is 329 g/mol. The fraction of sp³-hybridized carbons (Fsp3) is 0.111. The van der Waals surface area contributed by atoms with Crippen molar-refractivity contribution < 1.29 is 0 Å². The SMILES string of the molecule is Cc1ccc(-c2c(C)c(C#N)nn2-c2ccc(Cl)cc2Cl)cc1. The minimum absolute atomic E-state index is 0.381. The highest BCUT2D eigenvalue weighted by Gasteiger charge is 2.18. The van der Waals surface area contributed by atoms with E-state index in [0.717, 1.165) is 16.8 Å². The molecule has 1 aromatic heterocycles. The van der Waals surface area contributed by atoms with Gasteiger partial charge in [0.15, 0.2) is 5.69 Å². The number of aromatic nitrogens is 2. The molecule has 0 saturated carbocycles. The van der Waals surface area contributed by atoms with Crippen LogP contribution in [-0.4, -0.2) is 9.78 Å². The number of aryl methyl sites for hydroxylation is 1. The molecule has 114 valence electrons. The first kappa shape index (κ1) is 15.6. The largest absolute Gasteiger partial charge is 0.230 e. The van der Waals surface area contributed by atoms with Crippen molar-refractivity contribution in [3.63, 3.8) is 0 Å². The summed E-state index contributed by atoms with van der Waals surface area (Å²) >= 11 is 12.3. The third-order valence-corrected chi connectivity index (χ3v) is 4.23. The molecule has 0 saturated heterocycles. The van der Waals surface area contributed by atoms with E-state index >= 15 is 0 Å². The minimum atomic E-state index is 0.381. The standard InChI is InChI=1S/C18H13Cl2N3/c1-11-3-5-13(6-4-11)18-12(2)16(10-21)22-23(18)17-8-7-14(19)9-15(17)20/h3-9H,1-2H3. The number of rotatable bonds is 2. The summed E-state index contributed by atoms with van der Waals surface area (Å²) in [5, 5.41) is 14.8. The van der Waals surface area contributed by atoms with Crippen LogP contribution < -0.4 is 0 Å². The Morgan fingerprint density at radius 3 is 2.35 bits per heavy atom. The lowest BCUT2D eigenvalue weighted by Gasteiger charge is -2.11. The molecule has 0 aliphatic carbocycles. The number of halogens is 2. The van der Waals surface area contributed by atoms with Crippen molar-refractivity contribution in [3.8, 4) is 23.0 Å². The molecule has 0 unspecified atom stereocenters. The number of hydrogen-bond donors (Lipinski definition) is 0. The summed E-state index contributed by atoms with van der Waals surface area (Å²) in [5.74, 6) is 0. The number of nitrogens with zero attached hydrogens (tertiary/aromatic N) is 3. The molecular formula is C18H13Cl2N3. The third kappa shape index (κ3) is 2.84. The molecule has 3 aromatic rings. The fourth-order valence-corrected chi connectivity index (χ4v) is 2.97. The van der Waals surface area contributed by atoms with E-state index in [2.05, 4.69) is 11.2 Å². The highest BCUT2D eigenvalue weighted by atomic mass is 35.5. The monoisotopic (exact) mass is 341 g/mol. The number of hydrogen-bond acceptors (Lipinski definition) is 2. The molecule has 3 nitrogen and oxygen atoms in total. The van der Waals surface area contributed by atoms with Gasteiger partial charge in [0.1, 0.15) is 6.07 Å². The summed E-state index contributed by atoms with van der Waals surface area (Å²) in [6.45, 7) is 3.92. The van der Waals surface area contributed by atoms with Gasteiger partial charge in [-0.25, -0.2) is 4.68 Å². The second-order valence-corrected chi connectivity index (χ2v) is 6.15. The molecule has 0 aliphatic heterocycles. The predicted octanol–water partition coefficient (Wildman–Crippen LogP) is 5.33. The molecule has 0 aliphatic rings. The minimum Gasteiger partial charge on any atom is -0.230 e. The maximum Gasteiger partial charge on any atom is 0.166 e. The maximum atomic E-state index is 9.33. The van der Waals surface area contributed by atoms with Gasteiger partial charge in [0.05, 0.1) is 16.4 Å². The van der Waals surface area contributed by atoms with Crippen LogP contribution in [0.1, 0.15) is 16.8 Å². The van der Waals surface area contributed by atoms with E-state index < -0.39 is 0 Å². The van der Waals surface area contributed by atoms with Gasteiger partial charge in [-0.2, -0.15) is 10.4 Å². The molecule has 1 heterocycles.